The number of aliphatic carboxylic acids is 1. The number of aromatic amines is 1. The topological polar surface area (TPSA) is 65.1 Å². The molecule has 0 atom stereocenters. The SMILES string of the molecule is CC(=O)O.CC1(C)CCC(NCc2ccc(-c3ccc4[nH]ccc4c3)cc2)CC1. The van der Waals surface area contributed by atoms with Gasteiger partial charge in [-0.25, -0.2) is 0 Å². The average Bonchev–Trinajstić information content (AvgIpc) is 3.15. The predicted octanol–water partition coefficient (Wildman–Crippen LogP) is 5.98. The lowest BCUT2D eigenvalue weighted by molar-refractivity contribution is -0.134. The van der Waals surface area contributed by atoms with Gasteiger partial charge < -0.3 is 15.4 Å². The van der Waals surface area contributed by atoms with E-state index in [2.05, 4.69) is 72.7 Å². The maximum absolute atomic E-state index is 9.00. The van der Waals surface area contributed by atoms with Gasteiger partial charge in [0.15, 0.2) is 0 Å². The number of aromatic nitrogens is 1. The minimum Gasteiger partial charge on any atom is -0.481 e. The van der Waals surface area contributed by atoms with Gasteiger partial charge in [0.05, 0.1) is 0 Å². The highest BCUT2D eigenvalue weighted by molar-refractivity contribution is 5.85. The summed E-state index contributed by atoms with van der Waals surface area (Å²) in [4.78, 5) is 12.3. The number of carbonyl (C=O) groups is 1. The van der Waals surface area contributed by atoms with E-state index in [1.165, 1.54) is 53.3 Å². The van der Waals surface area contributed by atoms with Gasteiger partial charge in [0.2, 0.25) is 0 Å². The Morgan fingerprint density at radius 2 is 1.69 bits per heavy atom. The molecule has 4 rings (SSSR count). The van der Waals surface area contributed by atoms with Gasteiger partial charge in [-0.2, -0.15) is 0 Å². The number of fused-ring (bicyclic) bond motifs is 1. The fourth-order valence-electron chi connectivity index (χ4n) is 3.91. The van der Waals surface area contributed by atoms with E-state index in [0.717, 1.165) is 13.5 Å². The van der Waals surface area contributed by atoms with Crippen LogP contribution in [0.2, 0.25) is 0 Å². The summed E-state index contributed by atoms with van der Waals surface area (Å²) in [5.74, 6) is -0.833. The van der Waals surface area contributed by atoms with Gasteiger partial charge in [-0.15, -0.1) is 0 Å². The Morgan fingerprint density at radius 1 is 1.07 bits per heavy atom. The van der Waals surface area contributed by atoms with Crippen molar-refractivity contribution >= 4 is 16.9 Å². The minimum absolute atomic E-state index is 0.542. The first-order valence-corrected chi connectivity index (χ1v) is 10.4. The summed E-state index contributed by atoms with van der Waals surface area (Å²) in [5, 5.41) is 12.4. The average molecular weight is 393 g/mol. The smallest absolute Gasteiger partial charge is 0.300 e. The molecule has 0 unspecified atom stereocenters. The fourth-order valence-corrected chi connectivity index (χ4v) is 3.91. The van der Waals surface area contributed by atoms with Gasteiger partial charge in [-0.3, -0.25) is 4.79 Å². The normalized spacial score (nSPS) is 16.2. The van der Waals surface area contributed by atoms with E-state index in [9.17, 15) is 0 Å². The molecule has 3 N–H and O–H groups in total. The maximum atomic E-state index is 9.00. The molecule has 2 aromatic carbocycles. The summed E-state index contributed by atoms with van der Waals surface area (Å²) in [6.07, 6.45) is 7.29. The summed E-state index contributed by atoms with van der Waals surface area (Å²) < 4.78 is 0. The second kappa shape index (κ2) is 9.27. The standard InChI is InChI=1S/C23H28N2.C2H4O2/c1-23(2)12-9-21(10-13-23)25-16-17-3-5-18(6-4-17)19-7-8-22-20(15-19)11-14-24-22;1-2(3)4/h3-8,11,14-15,21,24-25H,9-10,12-13,16H2,1-2H3;1H3,(H,3,4). The number of carboxylic acid groups (broad SMARTS) is 1. The van der Waals surface area contributed by atoms with Crippen molar-refractivity contribution in [3.05, 3.63) is 60.3 Å². The number of H-pyrrole nitrogens is 1. The molecular formula is C25H32N2O2. The van der Waals surface area contributed by atoms with E-state index in [1.807, 2.05) is 6.20 Å². The van der Waals surface area contributed by atoms with Crippen molar-refractivity contribution in [2.45, 2.75) is 59.0 Å². The number of carboxylic acids is 1. The van der Waals surface area contributed by atoms with Crippen LogP contribution >= 0.6 is 0 Å². The summed E-state index contributed by atoms with van der Waals surface area (Å²) in [6.45, 7) is 6.85. The minimum atomic E-state index is -0.833. The van der Waals surface area contributed by atoms with Gasteiger partial charge in [-0.05, 0) is 71.4 Å². The lowest BCUT2D eigenvalue weighted by Gasteiger charge is -2.34. The third kappa shape index (κ3) is 6.20. The lowest BCUT2D eigenvalue weighted by atomic mass is 9.75. The zero-order valence-corrected chi connectivity index (χ0v) is 17.7. The molecule has 1 heterocycles. The number of hydrogen-bond donors (Lipinski definition) is 3. The zero-order valence-electron chi connectivity index (χ0n) is 17.7. The van der Waals surface area contributed by atoms with E-state index in [0.29, 0.717) is 11.5 Å². The fraction of sp³-hybridized carbons (Fsp3) is 0.400. The van der Waals surface area contributed by atoms with Crippen molar-refractivity contribution < 1.29 is 9.90 Å². The van der Waals surface area contributed by atoms with Crippen LogP contribution in [0.25, 0.3) is 22.0 Å². The molecule has 0 radical (unpaired) electrons. The Kier molecular flexibility index (Phi) is 6.75. The molecule has 1 aliphatic carbocycles. The highest BCUT2D eigenvalue weighted by Crippen LogP contribution is 2.35. The zero-order chi connectivity index (χ0) is 20.9. The molecule has 29 heavy (non-hydrogen) atoms. The molecule has 1 saturated carbocycles. The number of benzene rings is 2. The van der Waals surface area contributed by atoms with Crippen LogP contribution in [-0.4, -0.2) is 22.1 Å². The van der Waals surface area contributed by atoms with Crippen molar-refractivity contribution in [1.82, 2.24) is 10.3 Å². The molecule has 0 aliphatic heterocycles. The molecule has 4 nitrogen and oxygen atoms in total. The first-order chi connectivity index (χ1) is 13.8. The molecule has 4 heteroatoms. The Hall–Kier alpha value is -2.59. The molecule has 1 aromatic heterocycles. The van der Waals surface area contributed by atoms with Crippen molar-refractivity contribution in [3.63, 3.8) is 0 Å². The van der Waals surface area contributed by atoms with E-state index in [4.69, 9.17) is 9.90 Å². The first-order valence-electron chi connectivity index (χ1n) is 10.4. The molecule has 0 saturated heterocycles. The monoisotopic (exact) mass is 392 g/mol. The third-order valence-electron chi connectivity index (χ3n) is 5.77. The van der Waals surface area contributed by atoms with Crippen LogP contribution in [0.3, 0.4) is 0 Å². The van der Waals surface area contributed by atoms with Crippen LogP contribution in [-0.2, 0) is 11.3 Å². The lowest BCUT2D eigenvalue weighted by Crippen LogP contribution is -2.35. The summed E-state index contributed by atoms with van der Waals surface area (Å²) >= 11 is 0. The molecular weight excluding hydrogens is 360 g/mol. The van der Waals surface area contributed by atoms with Crippen LogP contribution < -0.4 is 5.32 Å². The molecule has 0 bridgehead atoms. The third-order valence-corrected chi connectivity index (χ3v) is 5.77. The molecule has 1 aliphatic rings. The predicted molar refractivity (Wildman–Crippen MR) is 120 cm³/mol. The second-order valence-electron chi connectivity index (χ2n) is 8.82. The Labute approximate surface area is 173 Å². The second-order valence-corrected chi connectivity index (χ2v) is 8.82. The number of rotatable bonds is 4. The number of hydrogen-bond acceptors (Lipinski definition) is 2. The van der Waals surface area contributed by atoms with Crippen LogP contribution in [0, 0.1) is 5.41 Å². The van der Waals surface area contributed by atoms with Crippen LogP contribution in [0.1, 0.15) is 52.0 Å². The first kappa shape index (κ1) is 21.1. The van der Waals surface area contributed by atoms with Gasteiger partial charge in [0.25, 0.3) is 5.97 Å². The van der Waals surface area contributed by atoms with Crippen LogP contribution in [0.15, 0.2) is 54.7 Å². The van der Waals surface area contributed by atoms with Crippen molar-refractivity contribution in [2.24, 2.45) is 5.41 Å². The van der Waals surface area contributed by atoms with E-state index >= 15 is 0 Å². The van der Waals surface area contributed by atoms with Crippen molar-refractivity contribution in [2.75, 3.05) is 0 Å². The van der Waals surface area contributed by atoms with Gasteiger partial charge in [0.1, 0.15) is 0 Å². The maximum Gasteiger partial charge on any atom is 0.300 e. The molecule has 0 spiro atoms. The van der Waals surface area contributed by atoms with Gasteiger partial charge >= 0.3 is 0 Å². The summed E-state index contributed by atoms with van der Waals surface area (Å²) in [6, 6.07) is 18.4. The van der Waals surface area contributed by atoms with Gasteiger partial charge in [-0.1, -0.05) is 44.2 Å². The summed E-state index contributed by atoms with van der Waals surface area (Å²) in [5.41, 5.74) is 5.67. The number of nitrogens with one attached hydrogen (secondary N) is 2. The quantitative estimate of drug-likeness (QED) is 0.511. The molecule has 154 valence electrons. The Bertz CT molecular complexity index is 927. The molecule has 1 fully saturated rings. The highest BCUT2D eigenvalue weighted by atomic mass is 16.4. The largest absolute Gasteiger partial charge is 0.481 e. The molecule has 3 aromatic rings. The van der Waals surface area contributed by atoms with Gasteiger partial charge in [0, 0.05) is 31.2 Å². The Balaban J connectivity index is 0.000000552. The van der Waals surface area contributed by atoms with Crippen LogP contribution in [0.5, 0.6) is 0 Å². The summed E-state index contributed by atoms with van der Waals surface area (Å²) in [7, 11) is 0. The van der Waals surface area contributed by atoms with Crippen LogP contribution in [0.4, 0.5) is 0 Å². The van der Waals surface area contributed by atoms with E-state index in [1.54, 1.807) is 0 Å². The van der Waals surface area contributed by atoms with E-state index < -0.39 is 5.97 Å². The van der Waals surface area contributed by atoms with Crippen molar-refractivity contribution in [3.8, 4) is 11.1 Å². The highest BCUT2D eigenvalue weighted by Gasteiger charge is 2.26. The van der Waals surface area contributed by atoms with Crippen molar-refractivity contribution in [1.29, 1.82) is 0 Å². The molecule has 0 amide bonds. The Morgan fingerprint density at radius 3 is 2.34 bits per heavy atom. The van der Waals surface area contributed by atoms with E-state index in [-0.39, 0.29) is 0 Å².